The summed E-state index contributed by atoms with van der Waals surface area (Å²) in [5, 5.41) is 0. The predicted molar refractivity (Wildman–Crippen MR) is 68.5 cm³/mol. The van der Waals surface area contributed by atoms with E-state index in [1.165, 1.54) is 51.9 Å². The third-order valence-electron chi connectivity index (χ3n) is 4.50. The first kappa shape index (κ1) is 12.3. The summed E-state index contributed by atoms with van der Waals surface area (Å²) in [6.45, 7) is 10.4. The van der Waals surface area contributed by atoms with Crippen LogP contribution in [0.4, 0.5) is 0 Å². The van der Waals surface area contributed by atoms with Crippen molar-refractivity contribution in [3.05, 3.63) is 0 Å². The first-order valence-electron chi connectivity index (χ1n) is 6.87. The van der Waals surface area contributed by atoms with Crippen LogP contribution < -0.4 is 5.73 Å². The largest absolute Gasteiger partial charge is 0.329 e. The maximum Gasteiger partial charge on any atom is 0.0470 e. The molecular weight excluding hydrogens is 198 g/mol. The number of nitrogens with two attached hydrogens (primary N) is 1. The Morgan fingerprint density at radius 2 is 1.81 bits per heavy atom. The third kappa shape index (κ3) is 2.27. The molecule has 1 unspecified atom stereocenters. The van der Waals surface area contributed by atoms with Gasteiger partial charge in [-0.25, -0.2) is 0 Å². The van der Waals surface area contributed by atoms with Crippen molar-refractivity contribution in [1.82, 2.24) is 9.80 Å². The summed E-state index contributed by atoms with van der Waals surface area (Å²) in [5.41, 5.74) is 6.39. The molecule has 16 heavy (non-hydrogen) atoms. The monoisotopic (exact) mass is 225 g/mol. The lowest BCUT2D eigenvalue weighted by atomic mass is 9.93. The van der Waals surface area contributed by atoms with Crippen molar-refractivity contribution in [2.45, 2.75) is 51.1 Å². The van der Waals surface area contributed by atoms with Crippen LogP contribution in [0, 0.1) is 0 Å². The van der Waals surface area contributed by atoms with Crippen molar-refractivity contribution >= 4 is 0 Å². The number of rotatable bonds is 3. The minimum atomic E-state index is 0.296. The summed E-state index contributed by atoms with van der Waals surface area (Å²) in [5.74, 6) is 0. The summed E-state index contributed by atoms with van der Waals surface area (Å²) in [6, 6.07) is 0.665. The summed E-state index contributed by atoms with van der Waals surface area (Å²) in [7, 11) is 0. The molecule has 1 atom stereocenters. The molecule has 3 heteroatoms. The molecule has 2 saturated heterocycles. The minimum Gasteiger partial charge on any atom is -0.329 e. The Balaban J connectivity index is 2.02. The van der Waals surface area contributed by atoms with Crippen LogP contribution in [0.5, 0.6) is 0 Å². The number of hydrogen-bond donors (Lipinski definition) is 1. The molecule has 0 aromatic heterocycles. The van der Waals surface area contributed by atoms with Gasteiger partial charge in [-0.15, -0.1) is 0 Å². The van der Waals surface area contributed by atoms with E-state index in [9.17, 15) is 0 Å². The highest BCUT2D eigenvalue weighted by atomic mass is 15.3. The minimum absolute atomic E-state index is 0.296. The Hall–Kier alpha value is -0.120. The molecule has 0 bridgehead atoms. The van der Waals surface area contributed by atoms with Gasteiger partial charge in [0.15, 0.2) is 0 Å². The molecule has 2 N–H and O–H groups in total. The topological polar surface area (TPSA) is 32.5 Å². The van der Waals surface area contributed by atoms with Crippen molar-refractivity contribution in [3.63, 3.8) is 0 Å². The number of hydrogen-bond acceptors (Lipinski definition) is 3. The van der Waals surface area contributed by atoms with Crippen LogP contribution in [0.15, 0.2) is 0 Å². The van der Waals surface area contributed by atoms with Gasteiger partial charge in [0.2, 0.25) is 0 Å². The van der Waals surface area contributed by atoms with Gasteiger partial charge in [0, 0.05) is 31.2 Å². The number of nitrogens with zero attached hydrogens (tertiary/aromatic N) is 2. The first-order chi connectivity index (χ1) is 7.68. The molecule has 2 rings (SSSR count). The molecular formula is C13H27N3. The van der Waals surface area contributed by atoms with Crippen LogP contribution >= 0.6 is 0 Å². The van der Waals surface area contributed by atoms with Crippen molar-refractivity contribution < 1.29 is 0 Å². The summed E-state index contributed by atoms with van der Waals surface area (Å²) < 4.78 is 0. The van der Waals surface area contributed by atoms with E-state index in [-0.39, 0.29) is 0 Å². The van der Waals surface area contributed by atoms with E-state index in [2.05, 4.69) is 23.6 Å². The van der Waals surface area contributed by atoms with Gasteiger partial charge in [-0.2, -0.15) is 0 Å². The second kappa shape index (κ2) is 5.03. The Morgan fingerprint density at radius 3 is 2.31 bits per heavy atom. The lowest BCUT2D eigenvalue weighted by molar-refractivity contribution is 0.0741. The molecule has 94 valence electrons. The fourth-order valence-corrected chi connectivity index (χ4v) is 3.25. The van der Waals surface area contributed by atoms with Gasteiger partial charge in [-0.1, -0.05) is 6.42 Å². The average Bonchev–Trinajstić information content (AvgIpc) is 2.76. The predicted octanol–water partition coefficient (Wildman–Crippen LogP) is 1.28. The molecule has 2 heterocycles. The quantitative estimate of drug-likeness (QED) is 0.785. The van der Waals surface area contributed by atoms with E-state index in [4.69, 9.17) is 5.73 Å². The molecule has 3 nitrogen and oxygen atoms in total. The Morgan fingerprint density at radius 1 is 1.12 bits per heavy atom. The summed E-state index contributed by atoms with van der Waals surface area (Å²) >= 11 is 0. The van der Waals surface area contributed by atoms with Crippen LogP contribution in [0.2, 0.25) is 0 Å². The molecule has 0 spiro atoms. The highest BCUT2D eigenvalue weighted by molar-refractivity contribution is 5.01. The van der Waals surface area contributed by atoms with E-state index in [1.54, 1.807) is 0 Å². The normalized spacial score (nSPS) is 33.8. The summed E-state index contributed by atoms with van der Waals surface area (Å²) in [4.78, 5) is 5.26. The van der Waals surface area contributed by atoms with Crippen molar-refractivity contribution in [3.8, 4) is 0 Å². The molecule has 0 radical (unpaired) electrons. The van der Waals surface area contributed by atoms with Crippen LogP contribution in [0.25, 0.3) is 0 Å². The standard InChI is InChI=1S/C13H27N3/c1-12(2)15-9-6-13(10-14,11-15)16-7-4-3-5-8-16/h12H,3-11,14H2,1-2H3. The fraction of sp³-hybridized carbons (Fsp3) is 1.00. The second-order valence-electron chi connectivity index (χ2n) is 5.79. The van der Waals surface area contributed by atoms with E-state index in [0.717, 1.165) is 6.54 Å². The van der Waals surface area contributed by atoms with Gasteiger partial charge in [0.05, 0.1) is 0 Å². The van der Waals surface area contributed by atoms with Gasteiger partial charge in [-0.05, 0) is 46.2 Å². The molecule has 0 aromatic carbocycles. The van der Waals surface area contributed by atoms with Crippen molar-refractivity contribution in [1.29, 1.82) is 0 Å². The fourth-order valence-electron chi connectivity index (χ4n) is 3.25. The molecule has 0 saturated carbocycles. The molecule has 2 aliphatic heterocycles. The maximum absolute atomic E-state index is 6.09. The average molecular weight is 225 g/mol. The van der Waals surface area contributed by atoms with Gasteiger partial charge in [0.1, 0.15) is 0 Å². The van der Waals surface area contributed by atoms with Crippen LogP contribution in [0.1, 0.15) is 39.5 Å². The third-order valence-corrected chi connectivity index (χ3v) is 4.50. The van der Waals surface area contributed by atoms with Gasteiger partial charge >= 0.3 is 0 Å². The SMILES string of the molecule is CC(C)N1CCC(CN)(N2CCCCC2)C1. The zero-order valence-electron chi connectivity index (χ0n) is 10.9. The molecule has 2 aliphatic rings. The van der Waals surface area contributed by atoms with Crippen molar-refractivity contribution in [2.75, 3.05) is 32.7 Å². The van der Waals surface area contributed by atoms with Gasteiger partial charge in [0.25, 0.3) is 0 Å². The Kier molecular flexibility index (Phi) is 3.88. The molecule has 0 amide bonds. The number of piperidine rings is 1. The molecule has 2 fully saturated rings. The molecule has 0 aromatic rings. The van der Waals surface area contributed by atoms with Gasteiger partial charge in [-0.3, -0.25) is 9.80 Å². The zero-order chi connectivity index (χ0) is 11.6. The Labute approximate surface area is 100.0 Å². The highest BCUT2D eigenvalue weighted by Crippen LogP contribution is 2.30. The maximum atomic E-state index is 6.09. The zero-order valence-corrected chi connectivity index (χ0v) is 10.9. The lowest BCUT2D eigenvalue weighted by Gasteiger charge is -2.43. The van der Waals surface area contributed by atoms with Gasteiger partial charge < -0.3 is 5.73 Å². The molecule has 0 aliphatic carbocycles. The van der Waals surface area contributed by atoms with Crippen LogP contribution in [-0.2, 0) is 0 Å². The van der Waals surface area contributed by atoms with E-state index in [1.807, 2.05) is 0 Å². The smallest absolute Gasteiger partial charge is 0.0470 e. The first-order valence-corrected chi connectivity index (χ1v) is 6.87. The van der Waals surface area contributed by atoms with E-state index >= 15 is 0 Å². The van der Waals surface area contributed by atoms with Crippen LogP contribution in [-0.4, -0.2) is 54.1 Å². The summed E-state index contributed by atoms with van der Waals surface area (Å²) in [6.07, 6.45) is 5.40. The van der Waals surface area contributed by atoms with Crippen molar-refractivity contribution in [2.24, 2.45) is 5.73 Å². The second-order valence-corrected chi connectivity index (χ2v) is 5.79. The van der Waals surface area contributed by atoms with Crippen LogP contribution in [0.3, 0.4) is 0 Å². The number of likely N-dealkylation sites (tertiary alicyclic amines) is 2. The van der Waals surface area contributed by atoms with E-state index < -0.39 is 0 Å². The Bertz CT molecular complexity index is 223. The lowest BCUT2D eigenvalue weighted by Crippen LogP contribution is -2.57. The highest BCUT2D eigenvalue weighted by Gasteiger charge is 2.42. The van der Waals surface area contributed by atoms with E-state index in [0.29, 0.717) is 11.6 Å².